The highest BCUT2D eigenvalue weighted by atomic mass is 16.5. The van der Waals surface area contributed by atoms with Gasteiger partial charge in [-0.15, -0.1) is 0 Å². The summed E-state index contributed by atoms with van der Waals surface area (Å²) >= 11 is 0. The first-order valence-electron chi connectivity index (χ1n) is 5.58. The summed E-state index contributed by atoms with van der Waals surface area (Å²) in [5, 5.41) is 0. The number of esters is 1. The van der Waals surface area contributed by atoms with Gasteiger partial charge in [-0.2, -0.15) is 0 Å². The Bertz CT molecular complexity index is 317. The number of fused-ring (bicyclic) bond motifs is 1. The normalized spacial score (nSPS) is 30.5. The van der Waals surface area contributed by atoms with E-state index in [1.807, 2.05) is 0 Å². The summed E-state index contributed by atoms with van der Waals surface area (Å²) < 4.78 is 5.25. The molecule has 0 aromatic heterocycles. The van der Waals surface area contributed by atoms with Crippen molar-refractivity contribution in [2.24, 2.45) is 5.92 Å². The molecule has 2 atom stereocenters. The Balaban J connectivity index is 2.16. The van der Waals surface area contributed by atoms with E-state index in [9.17, 15) is 9.59 Å². The van der Waals surface area contributed by atoms with Crippen LogP contribution in [0.3, 0.4) is 0 Å². The summed E-state index contributed by atoms with van der Waals surface area (Å²) in [4.78, 5) is 22.3. The molecule has 0 aromatic rings. The summed E-state index contributed by atoms with van der Waals surface area (Å²) in [6.07, 6.45) is 6.26. The first-order valence-corrected chi connectivity index (χ1v) is 5.58. The van der Waals surface area contributed by atoms with Crippen molar-refractivity contribution < 1.29 is 14.3 Å². The maximum absolute atomic E-state index is 11.3. The highest BCUT2D eigenvalue weighted by Crippen LogP contribution is 2.37. The monoisotopic (exact) mass is 208 g/mol. The lowest BCUT2D eigenvalue weighted by molar-refractivity contribution is -0.146. The Labute approximate surface area is 89.5 Å². The maximum atomic E-state index is 11.3. The van der Waals surface area contributed by atoms with Crippen LogP contribution >= 0.6 is 0 Å². The smallest absolute Gasteiger partial charge is 0.303 e. The molecule has 0 aliphatic heterocycles. The fraction of sp³-hybridized carbons (Fsp3) is 0.667. The number of hydrogen-bond acceptors (Lipinski definition) is 3. The van der Waals surface area contributed by atoms with Gasteiger partial charge < -0.3 is 4.74 Å². The van der Waals surface area contributed by atoms with Crippen molar-refractivity contribution in [3.05, 3.63) is 11.6 Å². The SMILES string of the molecule is CC(=O)O[C@H]1CCC[C@@H]2CCC(=O)C=C21. The number of allylic oxidation sites excluding steroid dienone is 1. The Morgan fingerprint density at radius 2 is 2.20 bits per heavy atom. The third-order valence-corrected chi connectivity index (χ3v) is 3.24. The summed E-state index contributed by atoms with van der Waals surface area (Å²) in [5.74, 6) is 0.403. The van der Waals surface area contributed by atoms with Gasteiger partial charge in [-0.3, -0.25) is 9.59 Å². The Kier molecular flexibility index (Phi) is 2.89. The topological polar surface area (TPSA) is 43.4 Å². The van der Waals surface area contributed by atoms with Gasteiger partial charge >= 0.3 is 5.97 Å². The van der Waals surface area contributed by atoms with Gasteiger partial charge in [0.25, 0.3) is 0 Å². The second kappa shape index (κ2) is 4.17. The van der Waals surface area contributed by atoms with Crippen molar-refractivity contribution in [3.8, 4) is 0 Å². The van der Waals surface area contributed by atoms with Crippen LogP contribution in [-0.4, -0.2) is 17.9 Å². The van der Waals surface area contributed by atoms with Crippen LogP contribution in [0.15, 0.2) is 11.6 Å². The Hall–Kier alpha value is -1.12. The van der Waals surface area contributed by atoms with E-state index in [4.69, 9.17) is 4.74 Å². The molecule has 0 radical (unpaired) electrons. The molecule has 0 amide bonds. The standard InChI is InChI=1S/C12H16O3/c1-8(13)15-12-4-2-3-9-5-6-10(14)7-11(9)12/h7,9,12H,2-6H2,1H3/t9-,12+/m1/s1. The summed E-state index contributed by atoms with van der Waals surface area (Å²) in [6, 6.07) is 0. The average Bonchev–Trinajstić information content (AvgIpc) is 2.18. The molecular formula is C12H16O3. The highest BCUT2D eigenvalue weighted by Gasteiger charge is 2.32. The molecular weight excluding hydrogens is 192 g/mol. The van der Waals surface area contributed by atoms with E-state index in [-0.39, 0.29) is 17.9 Å². The van der Waals surface area contributed by atoms with Gasteiger partial charge in [-0.05, 0) is 43.3 Å². The van der Waals surface area contributed by atoms with Crippen LogP contribution in [0.5, 0.6) is 0 Å². The first kappa shape index (κ1) is 10.4. The first-order chi connectivity index (χ1) is 7.16. The molecule has 0 N–H and O–H groups in total. The molecule has 0 saturated heterocycles. The van der Waals surface area contributed by atoms with Gasteiger partial charge in [0.1, 0.15) is 6.10 Å². The van der Waals surface area contributed by atoms with Crippen molar-refractivity contribution in [1.82, 2.24) is 0 Å². The van der Waals surface area contributed by atoms with Gasteiger partial charge in [0.05, 0.1) is 0 Å². The zero-order valence-corrected chi connectivity index (χ0v) is 8.99. The fourth-order valence-electron chi connectivity index (χ4n) is 2.57. The zero-order valence-electron chi connectivity index (χ0n) is 8.99. The third kappa shape index (κ3) is 2.28. The van der Waals surface area contributed by atoms with Gasteiger partial charge in [-0.1, -0.05) is 0 Å². The molecule has 2 rings (SSSR count). The number of rotatable bonds is 1. The molecule has 1 fully saturated rings. The predicted molar refractivity (Wildman–Crippen MR) is 55.2 cm³/mol. The van der Waals surface area contributed by atoms with Crippen molar-refractivity contribution in [3.63, 3.8) is 0 Å². The molecule has 2 aliphatic carbocycles. The second-order valence-corrected chi connectivity index (χ2v) is 4.38. The minimum Gasteiger partial charge on any atom is -0.458 e. The van der Waals surface area contributed by atoms with Crippen LogP contribution in [0.1, 0.15) is 39.0 Å². The molecule has 0 aromatic carbocycles. The van der Waals surface area contributed by atoms with Gasteiger partial charge in [0.2, 0.25) is 0 Å². The summed E-state index contributed by atoms with van der Waals surface area (Å²) in [7, 11) is 0. The Morgan fingerprint density at radius 3 is 2.93 bits per heavy atom. The number of hydrogen-bond donors (Lipinski definition) is 0. The summed E-state index contributed by atoms with van der Waals surface area (Å²) in [6.45, 7) is 1.43. The molecule has 1 saturated carbocycles. The van der Waals surface area contributed by atoms with E-state index < -0.39 is 0 Å². The van der Waals surface area contributed by atoms with Crippen LogP contribution in [0.25, 0.3) is 0 Å². The van der Waals surface area contributed by atoms with Gasteiger partial charge in [0, 0.05) is 13.3 Å². The number of carbonyl (C=O) groups excluding carboxylic acids is 2. The van der Waals surface area contributed by atoms with E-state index in [1.165, 1.54) is 6.92 Å². The molecule has 0 bridgehead atoms. The van der Waals surface area contributed by atoms with Gasteiger partial charge in [0.15, 0.2) is 5.78 Å². The van der Waals surface area contributed by atoms with E-state index in [0.29, 0.717) is 12.3 Å². The molecule has 0 spiro atoms. The van der Waals surface area contributed by atoms with E-state index in [2.05, 4.69) is 0 Å². The third-order valence-electron chi connectivity index (χ3n) is 3.24. The van der Waals surface area contributed by atoms with E-state index >= 15 is 0 Å². The zero-order chi connectivity index (χ0) is 10.8. The van der Waals surface area contributed by atoms with Crippen LogP contribution in [-0.2, 0) is 14.3 Å². The van der Waals surface area contributed by atoms with Crippen molar-refractivity contribution in [1.29, 1.82) is 0 Å². The van der Waals surface area contributed by atoms with Crippen molar-refractivity contribution >= 4 is 11.8 Å². The highest BCUT2D eigenvalue weighted by molar-refractivity contribution is 5.91. The Morgan fingerprint density at radius 1 is 1.40 bits per heavy atom. The number of ether oxygens (including phenoxy) is 1. The fourth-order valence-corrected chi connectivity index (χ4v) is 2.57. The second-order valence-electron chi connectivity index (χ2n) is 4.38. The summed E-state index contributed by atoms with van der Waals surface area (Å²) in [5.41, 5.74) is 1.06. The van der Waals surface area contributed by atoms with Crippen LogP contribution in [0, 0.1) is 5.92 Å². The van der Waals surface area contributed by atoms with Crippen molar-refractivity contribution in [2.75, 3.05) is 0 Å². The molecule has 82 valence electrons. The average molecular weight is 208 g/mol. The molecule has 0 heterocycles. The molecule has 2 aliphatic rings. The maximum Gasteiger partial charge on any atom is 0.303 e. The van der Waals surface area contributed by atoms with Crippen LogP contribution in [0.4, 0.5) is 0 Å². The molecule has 15 heavy (non-hydrogen) atoms. The van der Waals surface area contributed by atoms with Crippen LogP contribution in [0.2, 0.25) is 0 Å². The lowest BCUT2D eigenvalue weighted by Gasteiger charge is -2.34. The largest absolute Gasteiger partial charge is 0.458 e. The van der Waals surface area contributed by atoms with Crippen molar-refractivity contribution in [2.45, 2.75) is 45.1 Å². The lowest BCUT2D eigenvalue weighted by atomic mass is 9.76. The molecule has 3 nitrogen and oxygen atoms in total. The quantitative estimate of drug-likeness (QED) is 0.619. The molecule has 3 heteroatoms. The number of ketones is 1. The van der Waals surface area contributed by atoms with Gasteiger partial charge in [-0.25, -0.2) is 0 Å². The van der Waals surface area contributed by atoms with E-state index in [0.717, 1.165) is 31.3 Å². The minimum absolute atomic E-state index is 0.134. The number of carbonyl (C=O) groups is 2. The predicted octanol–water partition coefficient (Wildman–Crippen LogP) is 2.01. The lowest BCUT2D eigenvalue weighted by Crippen LogP contribution is -2.31. The van der Waals surface area contributed by atoms with Crippen LogP contribution < -0.4 is 0 Å². The minimum atomic E-state index is -0.250. The van der Waals surface area contributed by atoms with E-state index in [1.54, 1.807) is 6.08 Å². The molecule has 0 unspecified atom stereocenters.